The van der Waals surface area contributed by atoms with Crippen molar-refractivity contribution in [1.82, 2.24) is 14.7 Å². The number of aromatic nitrogens is 2. The van der Waals surface area contributed by atoms with Gasteiger partial charge in [-0.1, -0.05) is 42.5 Å². The molecule has 3 aromatic rings. The van der Waals surface area contributed by atoms with Crippen LogP contribution in [0.4, 0.5) is 5.69 Å². The summed E-state index contributed by atoms with van der Waals surface area (Å²) in [6.07, 6.45) is 8.84. The highest BCUT2D eigenvalue weighted by atomic mass is 16.3. The Morgan fingerprint density at radius 3 is 2.68 bits per heavy atom. The molecule has 1 aromatic heterocycles. The number of hydrogen-bond acceptors (Lipinski definition) is 4. The van der Waals surface area contributed by atoms with Gasteiger partial charge in [0, 0.05) is 30.7 Å². The number of carbonyl (C=O) groups excluding carboxylic acids is 1. The van der Waals surface area contributed by atoms with Gasteiger partial charge in [-0.2, -0.15) is 5.10 Å². The lowest BCUT2D eigenvalue weighted by Gasteiger charge is -2.53. The number of aliphatic hydroxyl groups is 1. The highest BCUT2D eigenvalue weighted by molar-refractivity contribution is 5.85. The van der Waals surface area contributed by atoms with Crippen molar-refractivity contribution in [2.75, 3.05) is 25.0 Å². The fourth-order valence-corrected chi connectivity index (χ4v) is 5.16. The summed E-state index contributed by atoms with van der Waals surface area (Å²) in [6, 6.07) is 15.1. The van der Waals surface area contributed by atoms with Gasteiger partial charge in [-0.15, -0.1) is 0 Å². The molecule has 2 aliphatic rings. The van der Waals surface area contributed by atoms with Gasteiger partial charge in [0.1, 0.15) is 0 Å². The average molecular weight is 419 g/mol. The van der Waals surface area contributed by atoms with Gasteiger partial charge in [-0.25, -0.2) is 0 Å². The molecular weight excluding hydrogens is 388 g/mol. The van der Waals surface area contributed by atoms with E-state index in [9.17, 15) is 4.79 Å². The van der Waals surface area contributed by atoms with Crippen LogP contribution in [0, 0.1) is 5.41 Å². The summed E-state index contributed by atoms with van der Waals surface area (Å²) in [5.74, 6) is 0.248. The molecule has 0 bridgehead atoms. The molecule has 1 spiro atoms. The van der Waals surface area contributed by atoms with Crippen LogP contribution in [0.25, 0.3) is 10.8 Å². The molecular formula is C25H30N4O2. The average Bonchev–Trinajstić information content (AvgIpc) is 3.20. The van der Waals surface area contributed by atoms with Crippen LogP contribution in [0.15, 0.2) is 54.9 Å². The molecule has 2 aromatic carbocycles. The lowest BCUT2D eigenvalue weighted by atomic mass is 9.67. The van der Waals surface area contributed by atoms with Gasteiger partial charge >= 0.3 is 0 Å². The van der Waals surface area contributed by atoms with E-state index in [1.807, 2.05) is 29.4 Å². The minimum absolute atomic E-state index is 0.100. The third-order valence-electron chi connectivity index (χ3n) is 6.95. The van der Waals surface area contributed by atoms with Crippen molar-refractivity contribution in [3.63, 3.8) is 0 Å². The normalized spacial score (nSPS) is 18.3. The standard InChI is InChI=1S/C25H30N4O2/c30-12-11-29-16-23(15-26-29)27-22-7-9-25(10-8-22)17-28(18-25)24(31)14-19-5-6-20-3-1-2-4-21(20)13-19/h1-6,13,15-16,22,27,30H,7-12,14,17-18H2. The fourth-order valence-electron chi connectivity index (χ4n) is 5.16. The highest BCUT2D eigenvalue weighted by Gasteiger charge is 2.46. The van der Waals surface area contributed by atoms with Crippen LogP contribution in [0.5, 0.6) is 0 Å². The zero-order valence-corrected chi connectivity index (χ0v) is 17.8. The first kappa shape index (κ1) is 20.1. The van der Waals surface area contributed by atoms with Crippen molar-refractivity contribution in [2.24, 2.45) is 5.41 Å². The van der Waals surface area contributed by atoms with E-state index in [0.717, 1.165) is 50.0 Å². The molecule has 2 fully saturated rings. The summed E-state index contributed by atoms with van der Waals surface area (Å²) in [6.45, 7) is 2.43. The predicted octanol–water partition coefficient (Wildman–Crippen LogP) is 3.45. The molecule has 1 aliphatic carbocycles. The highest BCUT2D eigenvalue weighted by Crippen LogP contribution is 2.44. The summed E-state index contributed by atoms with van der Waals surface area (Å²) in [4.78, 5) is 14.8. The van der Waals surface area contributed by atoms with Crippen LogP contribution in [0.1, 0.15) is 31.2 Å². The maximum absolute atomic E-state index is 12.8. The molecule has 1 saturated carbocycles. The van der Waals surface area contributed by atoms with Crippen molar-refractivity contribution < 1.29 is 9.90 Å². The van der Waals surface area contributed by atoms with Crippen molar-refractivity contribution >= 4 is 22.4 Å². The van der Waals surface area contributed by atoms with Crippen LogP contribution in [0.3, 0.4) is 0 Å². The van der Waals surface area contributed by atoms with Crippen molar-refractivity contribution in [1.29, 1.82) is 0 Å². The van der Waals surface area contributed by atoms with E-state index in [2.05, 4.69) is 40.7 Å². The number of hydrogen-bond donors (Lipinski definition) is 2. The Balaban J connectivity index is 1.10. The lowest BCUT2D eigenvalue weighted by Crippen LogP contribution is -2.60. The van der Waals surface area contributed by atoms with Gasteiger partial charge in [0.2, 0.25) is 5.91 Å². The second-order valence-electron chi connectivity index (χ2n) is 9.24. The van der Waals surface area contributed by atoms with Gasteiger partial charge in [-0.3, -0.25) is 9.48 Å². The molecule has 2 N–H and O–H groups in total. The topological polar surface area (TPSA) is 70.4 Å². The Bertz CT molecular complexity index is 1060. The Kier molecular flexibility index (Phi) is 5.40. The van der Waals surface area contributed by atoms with Gasteiger partial charge in [0.25, 0.3) is 0 Å². The monoisotopic (exact) mass is 418 g/mol. The number of fused-ring (bicyclic) bond motifs is 1. The van der Waals surface area contributed by atoms with Gasteiger partial charge in [0.05, 0.1) is 31.5 Å². The number of aliphatic hydroxyl groups excluding tert-OH is 1. The van der Waals surface area contributed by atoms with Crippen LogP contribution in [-0.4, -0.2) is 51.4 Å². The number of benzene rings is 2. The maximum atomic E-state index is 12.8. The number of anilines is 1. The fraction of sp³-hybridized carbons (Fsp3) is 0.440. The molecule has 1 saturated heterocycles. The van der Waals surface area contributed by atoms with Crippen molar-refractivity contribution in [2.45, 2.75) is 44.7 Å². The molecule has 6 nitrogen and oxygen atoms in total. The van der Waals surface area contributed by atoms with Crippen molar-refractivity contribution in [3.05, 3.63) is 60.4 Å². The summed E-state index contributed by atoms with van der Waals surface area (Å²) in [7, 11) is 0. The number of carbonyl (C=O) groups is 1. The zero-order valence-electron chi connectivity index (χ0n) is 17.8. The minimum atomic E-state index is 0.100. The first-order valence-electron chi connectivity index (χ1n) is 11.3. The Labute approximate surface area is 182 Å². The molecule has 2 heterocycles. The molecule has 1 amide bonds. The van der Waals surface area contributed by atoms with Crippen LogP contribution in [-0.2, 0) is 17.8 Å². The lowest BCUT2D eigenvalue weighted by molar-refractivity contribution is -0.144. The second-order valence-corrected chi connectivity index (χ2v) is 9.24. The number of nitrogens with one attached hydrogen (secondary N) is 1. The predicted molar refractivity (Wildman–Crippen MR) is 122 cm³/mol. The largest absolute Gasteiger partial charge is 0.394 e. The van der Waals surface area contributed by atoms with Crippen LogP contribution < -0.4 is 5.32 Å². The molecule has 0 atom stereocenters. The van der Waals surface area contributed by atoms with E-state index in [-0.39, 0.29) is 12.5 Å². The van der Waals surface area contributed by atoms with E-state index in [4.69, 9.17) is 5.11 Å². The summed E-state index contributed by atoms with van der Waals surface area (Å²) >= 11 is 0. The summed E-state index contributed by atoms with van der Waals surface area (Å²) in [5.41, 5.74) is 2.44. The Morgan fingerprint density at radius 1 is 1.13 bits per heavy atom. The molecule has 162 valence electrons. The first-order valence-corrected chi connectivity index (χ1v) is 11.3. The second kappa shape index (κ2) is 8.35. The third-order valence-corrected chi connectivity index (χ3v) is 6.95. The van der Waals surface area contributed by atoms with Gasteiger partial charge in [-0.05, 0) is 42.0 Å². The number of nitrogens with zero attached hydrogens (tertiary/aromatic N) is 3. The summed E-state index contributed by atoms with van der Waals surface area (Å²) < 4.78 is 1.76. The van der Waals surface area contributed by atoms with Gasteiger partial charge in [0.15, 0.2) is 0 Å². The SMILES string of the molecule is O=C(Cc1ccc2ccccc2c1)N1CC2(CCC(Nc3cnn(CCO)c3)CC2)C1. The first-order chi connectivity index (χ1) is 15.1. The minimum Gasteiger partial charge on any atom is -0.394 e. The van der Waals surface area contributed by atoms with E-state index in [1.165, 1.54) is 10.8 Å². The quantitative estimate of drug-likeness (QED) is 0.643. The summed E-state index contributed by atoms with van der Waals surface area (Å²) in [5, 5.41) is 19.3. The van der Waals surface area contributed by atoms with E-state index < -0.39 is 0 Å². The molecule has 6 heteroatoms. The van der Waals surface area contributed by atoms with Crippen LogP contribution in [0.2, 0.25) is 0 Å². The van der Waals surface area contributed by atoms with E-state index in [1.54, 1.807) is 4.68 Å². The molecule has 1 aliphatic heterocycles. The number of likely N-dealkylation sites (tertiary alicyclic amines) is 1. The molecule has 0 radical (unpaired) electrons. The molecule has 0 unspecified atom stereocenters. The smallest absolute Gasteiger partial charge is 0.227 e. The van der Waals surface area contributed by atoms with E-state index >= 15 is 0 Å². The number of rotatable bonds is 6. The molecule has 31 heavy (non-hydrogen) atoms. The van der Waals surface area contributed by atoms with Crippen molar-refractivity contribution in [3.8, 4) is 0 Å². The third kappa shape index (κ3) is 4.30. The van der Waals surface area contributed by atoms with Gasteiger partial charge < -0.3 is 15.3 Å². The van der Waals surface area contributed by atoms with E-state index in [0.29, 0.717) is 24.4 Å². The Morgan fingerprint density at radius 2 is 1.90 bits per heavy atom. The van der Waals surface area contributed by atoms with Crippen LogP contribution >= 0.6 is 0 Å². The zero-order chi connectivity index (χ0) is 21.3. The maximum Gasteiger partial charge on any atom is 0.227 e. The number of amides is 1. The Hall–Kier alpha value is -2.86. The molecule has 5 rings (SSSR count).